The van der Waals surface area contributed by atoms with Gasteiger partial charge in [-0.3, -0.25) is 9.59 Å². The van der Waals surface area contributed by atoms with Crippen molar-refractivity contribution in [3.63, 3.8) is 0 Å². The van der Waals surface area contributed by atoms with Gasteiger partial charge in [0.05, 0.1) is 5.69 Å². The van der Waals surface area contributed by atoms with E-state index in [1.54, 1.807) is 24.3 Å². The SMILES string of the molecule is CC(=O)c1ccc(C(=O)c2cc3ccccc3[nH]2)cc1. The molecule has 0 bridgehead atoms. The summed E-state index contributed by atoms with van der Waals surface area (Å²) in [5, 5.41) is 1.01. The highest BCUT2D eigenvalue weighted by Crippen LogP contribution is 2.17. The highest BCUT2D eigenvalue weighted by atomic mass is 16.1. The zero-order chi connectivity index (χ0) is 14.1. The van der Waals surface area contributed by atoms with E-state index in [4.69, 9.17) is 0 Å². The second kappa shape index (κ2) is 4.78. The number of carbonyl (C=O) groups is 2. The van der Waals surface area contributed by atoms with Crippen LogP contribution in [0.4, 0.5) is 0 Å². The zero-order valence-corrected chi connectivity index (χ0v) is 11.0. The predicted molar refractivity (Wildman–Crippen MR) is 78.2 cm³/mol. The summed E-state index contributed by atoms with van der Waals surface area (Å²) >= 11 is 0. The number of nitrogens with one attached hydrogen (secondary N) is 1. The highest BCUT2D eigenvalue weighted by Gasteiger charge is 2.12. The van der Waals surface area contributed by atoms with E-state index < -0.39 is 0 Å². The van der Waals surface area contributed by atoms with E-state index >= 15 is 0 Å². The van der Waals surface area contributed by atoms with Crippen molar-refractivity contribution in [2.45, 2.75) is 6.92 Å². The molecule has 20 heavy (non-hydrogen) atoms. The molecule has 0 aliphatic carbocycles. The Labute approximate surface area is 116 Å². The smallest absolute Gasteiger partial charge is 0.209 e. The third kappa shape index (κ3) is 2.14. The van der Waals surface area contributed by atoms with Crippen molar-refractivity contribution in [3.8, 4) is 0 Å². The summed E-state index contributed by atoms with van der Waals surface area (Å²) in [4.78, 5) is 26.7. The fourth-order valence-electron chi connectivity index (χ4n) is 2.21. The molecule has 0 atom stereocenters. The van der Waals surface area contributed by atoms with E-state index in [0.717, 1.165) is 10.9 Å². The number of ketones is 2. The Hall–Kier alpha value is -2.68. The largest absolute Gasteiger partial charge is 0.352 e. The van der Waals surface area contributed by atoms with Gasteiger partial charge in [-0.1, -0.05) is 42.5 Å². The number of hydrogen-bond acceptors (Lipinski definition) is 2. The van der Waals surface area contributed by atoms with Gasteiger partial charge in [0.1, 0.15) is 0 Å². The summed E-state index contributed by atoms with van der Waals surface area (Å²) in [5.41, 5.74) is 2.68. The summed E-state index contributed by atoms with van der Waals surface area (Å²) in [6, 6.07) is 16.3. The second-order valence-corrected chi connectivity index (χ2v) is 4.73. The number of hydrogen-bond donors (Lipinski definition) is 1. The lowest BCUT2D eigenvalue weighted by Crippen LogP contribution is -2.02. The van der Waals surface area contributed by atoms with Crippen LogP contribution in [0.25, 0.3) is 10.9 Å². The molecule has 0 spiro atoms. The van der Waals surface area contributed by atoms with Crippen LogP contribution in [0.15, 0.2) is 54.6 Å². The number of carbonyl (C=O) groups excluding carboxylic acids is 2. The van der Waals surface area contributed by atoms with Crippen LogP contribution in [0.1, 0.15) is 33.3 Å². The average molecular weight is 263 g/mol. The van der Waals surface area contributed by atoms with Crippen molar-refractivity contribution in [3.05, 3.63) is 71.4 Å². The van der Waals surface area contributed by atoms with Crippen LogP contribution in [0.5, 0.6) is 0 Å². The van der Waals surface area contributed by atoms with Gasteiger partial charge in [-0.25, -0.2) is 0 Å². The van der Waals surface area contributed by atoms with E-state index in [9.17, 15) is 9.59 Å². The number of benzene rings is 2. The molecule has 0 aliphatic rings. The molecule has 0 unspecified atom stereocenters. The molecule has 2 aromatic carbocycles. The molecule has 1 aromatic heterocycles. The highest BCUT2D eigenvalue weighted by molar-refractivity contribution is 6.10. The summed E-state index contributed by atoms with van der Waals surface area (Å²) in [7, 11) is 0. The minimum Gasteiger partial charge on any atom is -0.352 e. The van der Waals surface area contributed by atoms with Crippen molar-refractivity contribution >= 4 is 22.5 Å². The molecule has 3 aromatic rings. The lowest BCUT2D eigenvalue weighted by Gasteiger charge is -2.00. The monoisotopic (exact) mass is 263 g/mol. The van der Waals surface area contributed by atoms with Gasteiger partial charge in [0.2, 0.25) is 5.78 Å². The van der Waals surface area contributed by atoms with Gasteiger partial charge in [0.25, 0.3) is 0 Å². The molecule has 0 amide bonds. The lowest BCUT2D eigenvalue weighted by atomic mass is 10.0. The van der Waals surface area contributed by atoms with Gasteiger partial charge < -0.3 is 4.98 Å². The third-order valence-electron chi connectivity index (χ3n) is 3.33. The fourth-order valence-corrected chi connectivity index (χ4v) is 2.21. The quantitative estimate of drug-likeness (QED) is 0.734. The van der Waals surface area contributed by atoms with E-state index in [2.05, 4.69) is 4.98 Å². The van der Waals surface area contributed by atoms with Gasteiger partial charge in [0, 0.05) is 22.0 Å². The van der Waals surface area contributed by atoms with E-state index in [1.165, 1.54) is 6.92 Å². The zero-order valence-electron chi connectivity index (χ0n) is 11.0. The average Bonchev–Trinajstić information content (AvgIpc) is 2.90. The molecule has 0 saturated heterocycles. The van der Waals surface area contributed by atoms with Crippen molar-refractivity contribution in [1.29, 1.82) is 0 Å². The molecule has 1 heterocycles. The number of H-pyrrole nitrogens is 1. The maximum absolute atomic E-state index is 12.4. The molecule has 3 heteroatoms. The van der Waals surface area contributed by atoms with Gasteiger partial charge in [-0.05, 0) is 19.1 Å². The van der Waals surface area contributed by atoms with Crippen molar-refractivity contribution < 1.29 is 9.59 Å². The van der Waals surface area contributed by atoms with Gasteiger partial charge in [0.15, 0.2) is 5.78 Å². The third-order valence-corrected chi connectivity index (χ3v) is 3.33. The Balaban J connectivity index is 1.97. The second-order valence-electron chi connectivity index (χ2n) is 4.73. The maximum Gasteiger partial charge on any atom is 0.209 e. The van der Waals surface area contributed by atoms with Gasteiger partial charge in [-0.2, -0.15) is 0 Å². The molecular weight excluding hydrogens is 250 g/mol. The number of Topliss-reactive ketones (excluding diaryl/α,β-unsaturated/α-hetero) is 1. The standard InChI is InChI=1S/C17H13NO2/c1-11(19)12-6-8-13(9-7-12)17(20)16-10-14-4-2-3-5-15(14)18-16/h2-10,18H,1H3. The summed E-state index contributed by atoms with van der Waals surface area (Å²) < 4.78 is 0. The summed E-state index contributed by atoms with van der Waals surface area (Å²) in [5.74, 6) is -0.0779. The van der Waals surface area contributed by atoms with E-state index in [1.807, 2.05) is 30.3 Å². The Morgan fingerprint density at radius 3 is 2.20 bits per heavy atom. The Kier molecular flexibility index (Phi) is 2.95. The molecule has 0 radical (unpaired) electrons. The van der Waals surface area contributed by atoms with Crippen LogP contribution in [0.2, 0.25) is 0 Å². The van der Waals surface area contributed by atoms with Crippen molar-refractivity contribution in [1.82, 2.24) is 4.98 Å². The Morgan fingerprint density at radius 1 is 0.900 bits per heavy atom. The van der Waals surface area contributed by atoms with Crippen LogP contribution < -0.4 is 0 Å². The molecular formula is C17H13NO2. The topological polar surface area (TPSA) is 49.9 Å². The van der Waals surface area contributed by atoms with Gasteiger partial charge in [-0.15, -0.1) is 0 Å². The number of aromatic nitrogens is 1. The number of aromatic amines is 1. The van der Waals surface area contributed by atoms with E-state index in [-0.39, 0.29) is 11.6 Å². The summed E-state index contributed by atoms with van der Waals surface area (Å²) in [6.45, 7) is 1.51. The predicted octanol–water partition coefficient (Wildman–Crippen LogP) is 3.60. The molecule has 3 nitrogen and oxygen atoms in total. The number of fused-ring (bicyclic) bond motifs is 1. The normalized spacial score (nSPS) is 10.7. The molecule has 0 aliphatic heterocycles. The Bertz CT molecular complexity index is 764. The first-order valence-corrected chi connectivity index (χ1v) is 6.38. The van der Waals surface area contributed by atoms with Crippen LogP contribution in [0, 0.1) is 0 Å². The molecule has 1 N–H and O–H groups in total. The first-order valence-electron chi connectivity index (χ1n) is 6.38. The minimum absolute atomic E-state index is 0.00499. The molecule has 0 fully saturated rings. The van der Waals surface area contributed by atoms with Crippen LogP contribution in [-0.4, -0.2) is 16.6 Å². The lowest BCUT2D eigenvalue weighted by molar-refractivity contribution is 0.101. The molecule has 0 saturated carbocycles. The van der Waals surface area contributed by atoms with Crippen molar-refractivity contribution in [2.24, 2.45) is 0 Å². The summed E-state index contributed by atoms with van der Waals surface area (Å²) in [6.07, 6.45) is 0. The van der Waals surface area contributed by atoms with Crippen LogP contribution in [0.3, 0.4) is 0 Å². The first kappa shape index (κ1) is 12.4. The maximum atomic E-state index is 12.4. The van der Waals surface area contributed by atoms with E-state index in [0.29, 0.717) is 16.8 Å². The Morgan fingerprint density at radius 2 is 1.55 bits per heavy atom. The number of rotatable bonds is 3. The fraction of sp³-hybridized carbons (Fsp3) is 0.0588. The molecule has 3 rings (SSSR count). The van der Waals surface area contributed by atoms with Gasteiger partial charge >= 0.3 is 0 Å². The van der Waals surface area contributed by atoms with Crippen LogP contribution >= 0.6 is 0 Å². The molecule has 98 valence electrons. The number of para-hydroxylation sites is 1. The van der Waals surface area contributed by atoms with Crippen molar-refractivity contribution in [2.75, 3.05) is 0 Å². The van der Waals surface area contributed by atoms with Crippen LogP contribution in [-0.2, 0) is 0 Å². The minimum atomic E-state index is -0.0729. The first-order chi connectivity index (χ1) is 9.65.